The second kappa shape index (κ2) is 3.93. The van der Waals surface area contributed by atoms with Crippen molar-refractivity contribution in [2.75, 3.05) is 5.32 Å². The molecule has 2 rings (SSSR count). The summed E-state index contributed by atoms with van der Waals surface area (Å²) in [7, 11) is 0. The zero-order valence-electron chi connectivity index (χ0n) is 7.04. The van der Waals surface area contributed by atoms with E-state index in [1.165, 1.54) is 11.5 Å². The Morgan fingerprint density at radius 2 is 2.14 bits per heavy atom. The van der Waals surface area contributed by atoms with Crippen LogP contribution in [0.25, 0.3) is 0 Å². The third kappa shape index (κ3) is 1.91. The maximum Gasteiger partial charge on any atom is 0.258 e. The van der Waals surface area contributed by atoms with Gasteiger partial charge in [0.1, 0.15) is 5.51 Å². The molecule has 0 bridgehead atoms. The van der Waals surface area contributed by atoms with E-state index in [4.69, 9.17) is 0 Å². The minimum absolute atomic E-state index is 0.231. The van der Waals surface area contributed by atoms with E-state index in [0.717, 1.165) is 0 Å². The number of rotatable bonds is 2. The van der Waals surface area contributed by atoms with Gasteiger partial charge >= 0.3 is 0 Å². The monoisotopic (exact) mass is 206 g/mol. The molecule has 14 heavy (non-hydrogen) atoms. The predicted octanol–water partition coefficient (Wildman–Crippen LogP) is 1.19. The van der Waals surface area contributed by atoms with E-state index in [2.05, 4.69) is 19.7 Å². The summed E-state index contributed by atoms with van der Waals surface area (Å²) >= 11 is 1.19. The fourth-order valence-electron chi connectivity index (χ4n) is 0.903. The number of hydrogen-bond donors (Lipinski definition) is 1. The Hall–Kier alpha value is -1.82. The minimum atomic E-state index is -0.231. The van der Waals surface area contributed by atoms with Crippen LogP contribution >= 0.6 is 11.5 Å². The smallest absolute Gasteiger partial charge is 0.258 e. The highest BCUT2D eigenvalue weighted by Gasteiger charge is 2.06. The van der Waals surface area contributed by atoms with Gasteiger partial charge in [-0.25, -0.2) is 4.98 Å². The fourth-order valence-corrected chi connectivity index (χ4v) is 1.29. The van der Waals surface area contributed by atoms with Gasteiger partial charge < -0.3 is 0 Å². The number of carbonyl (C=O) groups excluding carboxylic acids is 1. The van der Waals surface area contributed by atoms with Crippen LogP contribution < -0.4 is 5.32 Å². The summed E-state index contributed by atoms with van der Waals surface area (Å²) in [5.41, 5.74) is 2.09. The van der Waals surface area contributed by atoms with Gasteiger partial charge in [-0.3, -0.25) is 15.1 Å². The lowest BCUT2D eigenvalue weighted by atomic mass is 10.2. The summed E-state index contributed by atoms with van der Waals surface area (Å²) in [4.78, 5) is 19.2. The number of aromatic nitrogens is 3. The molecular formula is C8H6N4OS. The molecule has 0 saturated carbocycles. The number of hydrogen-bond acceptors (Lipinski definition) is 5. The van der Waals surface area contributed by atoms with E-state index in [1.807, 2.05) is 0 Å². The molecule has 0 unspecified atom stereocenters. The second-order valence-corrected chi connectivity index (χ2v) is 3.05. The molecular weight excluding hydrogens is 200 g/mol. The first-order chi connectivity index (χ1) is 6.86. The normalized spacial score (nSPS) is 9.71. The van der Waals surface area contributed by atoms with Crippen LogP contribution in [-0.2, 0) is 0 Å². The van der Waals surface area contributed by atoms with Crippen molar-refractivity contribution < 1.29 is 4.79 Å². The van der Waals surface area contributed by atoms with E-state index in [9.17, 15) is 4.79 Å². The van der Waals surface area contributed by atoms with Crippen molar-refractivity contribution in [1.82, 2.24) is 14.3 Å². The summed E-state index contributed by atoms with van der Waals surface area (Å²) < 4.78 is 3.86. The highest BCUT2D eigenvalue weighted by Crippen LogP contribution is 2.03. The van der Waals surface area contributed by atoms with E-state index in [-0.39, 0.29) is 5.91 Å². The zero-order chi connectivity index (χ0) is 9.80. The molecule has 0 radical (unpaired) electrons. The standard InChI is InChI=1S/C8H6N4OS/c13-7(6-1-3-9-4-2-6)11-8-10-5-14-12-8/h1-5H,(H,11,12,13). The molecule has 0 atom stereocenters. The predicted molar refractivity (Wildman–Crippen MR) is 52.1 cm³/mol. The first-order valence-electron chi connectivity index (χ1n) is 3.84. The lowest BCUT2D eigenvalue weighted by Gasteiger charge is -1.98. The zero-order valence-corrected chi connectivity index (χ0v) is 7.86. The molecule has 2 aromatic rings. The van der Waals surface area contributed by atoms with Gasteiger partial charge in [0.15, 0.2) is 0 Å². The molecule has 0 aliphatic heterocycles. The van der Waals surface area contributed by atoms with E-state index >= 15 is 0 Å². The van der Waals surface area contributed by atoms with Gasteiger partial charge in [0, 0.05) is 18.0 Å². The van der Waals surface area contributed by atoms with Crippen LogP contribution in [0.4, 0.5) is 5.95 Å². The molecule has 2 aromatic heterocycles. The van der Waals surface area contributed by atoms with Crippen LogP contribution in [0, 0.1) is 0 Å². The molecule has 0 aliphatic carbocycles. The molecule has 6 heteroatoms. The molecule has 0 fully saturated rings. The van der Waals surface area contributed by atoms with Crippen molar-refractivity contribution in [3.05, 3.63) is 35.6 Å². The van der Waals surface area contributed by atoms with Gasteiger partial charge in [0.2, 0.25) is 5.95 Å². The number of amides is 1. The third-order valence-corrected chi connectivity index (χ3v) is 2.01. The first-order valence-corrected chi connectivity index (χ1v) is 4.67. The second-order valence-electron chi connectivity index (χ2n) is 2.44. The molecule has 5 nitrogen and oxygen atoms in total. The molecule has 70 valence electrons. The Labute approximate surface area is 84.0 Å². The van der Waals surface area contributed by atoms with Crippen molar-refractivity contribution in [2.24, 2.45) is 0 Å². The van der Waals surface area contributed by atoms with E-state index < -0.39 is 0 Å². The number of nitrogens with one attached hydrogen (secondary N) is 1. The quantitative estimate of drug-likeness (QED) is 0.801. The van der Waals surface area contributed by atoms with E-state index in [0.29, 0.717) is 11.5 Å². The molecule has 2 heterocycles. The number of pyridine rings is 1. The Kier molecular flexibility index (Phi) is 2.46. The van der Waals surface area contributed by atoms with Crippen molar-refractivity contribution >= 4 is 23.4 Å². The highest BCUT2D eigenvalue weighted by molar-refractivity contribution is 7.03. The Bertz CT molecular complexity index is 414. The van der Waals surface area contributed by atoms with Crippen LogP contribution in [0.15, 0.2) is 30.0 Å². The lowest BCUT2D eigenvalue weighted by Crippen LogP contribution is -2.12. The van der Waals surface area contributed by atoms with Gasteiger partial charge in [-0.1, -0.05) is 0 Å². The minimum Gasteiger partial charge on any atom is -0.290 e. The van der Waals surface area contributed by atoms with E-state index in [1.54, 1.807) is 30.0 Å². The third-order valence-electron chi connectivity index (χ3n) is 1.53. The largest absolute Gasteiger partial charge is 0.290 e. The van der Waals surface area contributed by atoms with Gasteiger partial charge in [0.25, 0.3) is 5.91 Å². The van der Waals surface area contributed by atoms with Gasteiger partial charge in [0.05, 0.1) is 0 Å². The van der Waals surface area contributed by atoms with Crippen molar-refractivity contribution in [3.8, 4) is 0 Å². The molecule has 0 aromatic carbocycles. The van der Waals surface area contributed by atoms with Crippen LogP contribution in [0.5, 0.6) is 0 Å². The Morgan fingerprint density at radius 3 is 2.79 bits per heavy atom. The highest BCUT2D eigenvalue weighted by atomic mass is 32.1. The van der Waals surface area contributed by atoms with Gasteiger partial charge in [-0.2, -0.15) is 4.37 Å². The molecule has 1 amide bonds. The summed E-state index contributed by atoms with van der Waals surface area (Å²) in [5.74, 6) is 0.0996. The summed E-state index contributed by atoms with van der Waals surface area (Å²) in [6.07, 6.45) is 3.12. The molecule has 1 N–H and O–H groups in total. The average Bonchev–Trinajstić information content (AvgIpc) is 2.72. The van der Waals surface area contributed by atoms with Gasteiger partial charge in [-0.15, -0.1) is 0 Å². The van der Waals surface area contributed by atoms with Crippen LogP contribution in [-0.4, -0.2) is 20.2 Å². The first kappa shape index (κ1) is 8.76. The molecule has 0 aliphatic rings. The van der Waals surface area contributed by atoms with Crippen molar-refractivity contribution in [2.45, 2.75) is 0 Å². The van der Waals surface area contributed by atoms with Crippen molar-refractivity contribution in [3.63, 3.8) is 0 Å². The summed E-state index contributed by atoms with van der Waals surface area (Å²) in [5, 5.41) is 2.56. The van der Waals surface area contributed by atoms with Crippen LogP contribution in [0.1, 0.15) is 10.4 Å². The topological polar surface area (TPSA) is 67.8 Å². The Balaban J connectivity index is 2.11. The number of nitrogens with zero attached hydrogens (tertiary/aromatic N) is 3. The SMILES string of the molecule is O=C(Nc1ncsn1)c1ccncc1. The summed E-state index contributed by atoms with van der Waals surface area (Å²) in [6.45, 7) is 0. The van der Waals surface area contributed by atoms with Crippen molar-refractivity contribution in [1.29, 1.82) is 0 Å². The molecule has 0 saturated heterocycles. The fraction of sp³-hybridized carbons (Fsp3) is 0. The van der Waals surface area contributed by atoms with Gasteiger partial charge in [-0.05, 0) is 23.7 Å². The maximum absolute atomic E-state index is 11.5. The maximum atomic E-state index is 11.5. The average molecular weight is 206 g/mol. The van der Waals surface area contributed by atoms with Crippen LogP contribution in [0.2, 0.25) is 0 Å². The Morgan fingerprint density at radius 1 is 1.36 bits per heavy atom. The summed E-state index contributed by atoms with van der Waals surface area (Å²) in [6, 6.07) is 3.25. The molecule has 0 spiro atoms. The number of carbonyl (C=O) groups is 1. The van der Waals surface area contributed by atoms with Crippen LogP contribution in [0.3, 0.4) is 0 Å². The lowest BCUT2D eigenvalue weighted by molar-refractivity contribution is 0.102. The number of anilines is 1.